The van der Waals surface area contributed by atoms with E-state index >= 15 is 0 Å². The Morgan fingerprint density at radius 2 is 1.66 bits per heavy atom. The fourth-order valence-electron chi connectivity index (χ4n) is 4.11. The number of amides is 1. The van der Waals surface area contributed by atoms with Crippen LogP contribution in [0.3, 0.4) is 0 Å². The van der Waals surface area contributed by atoms with Crippen molar-refractivity contribution in [2.45, 2.75) is 57.7 Å². The molecule has 0 bridgehead atoms. The third kappa shape index (κ3) is 5.81. The van der Waals surface area contributed by atoms with Gasteiger partial charge in [0.05, 0.1) is 13.2 Å². The van der Waals surface area contributed by atoms with Crippen LogP contribution >= 0.6 is 0 Å². The first-order chi connectivity index (χ1) is 15.4. The highest BCUT2D eigenvalue weighted by Gasteiger charge is 2.23. The number of hydrogen-bond acceptors (Lipinski definition) is 5. The first-order valence-electron chi connectivity index (χ1n) is 11.4. The maximum absolute atomic E-state index is 12.9. The van der Waals surface area contributed by atoms with Gasteiger partial charge in [0.15, 0.2) is 17.8 Å². The highest BCUT2D eigenvalue weighted by molar-refractivity contribution is 5.91. The van der Waals surface area contributed by atoms with E-state index in [0.717, 1.165) is 18.4 Å². The van der Waals surface area contributed by atoms with E-state index in [0.29, 0.717) is 50.0 Å². The molecule has 2 aliphatic heterocycles. The van der Waals surface area contributed by atoms with E-state index < -0.39 is 0 Å². The van der Waals surface area contributed by atoms with Gasteiger partial charge < -0.3 is 24.3 Å². The molecule has 1 fully saturated rings. The van der Waals surface area contributed by atoms with Crippen LogP contribution in [0.25, 0.3) is 0 Å². The average molecular weight is 440 g/mol. The fraction of sp³-hybridized carbons (Fsp3) is 0.500. The third-order valence-corrected chi connectivity index (χ3v) is 5.95. The Morgan fingerprint density at radius 3 is 2.34 bits per heavy atom. The lowest BCUT2D eigenvalue weighted by Gasteiger charge is -2.22. The number of benzene rings is 2. The predicted octanol–water partition coefficient (Wildman–Crippen LogP) is 5.02. The van der Waals surface area contributed by atoms with Gasteiger partial charge in [-0.05, 0) is 47.4 Å². The molecular weight excluding hydrogens is 406 g/mol. The molecule has 0 aliphatic carbocycles. The summed E-state index contributed by atoms with van der Waals surface area (Å²) < 4.78 is 22.4. The van der Waals surface area contributed by atoms with Gasteiger partial charge in [-0.25, -0.2) is 0 Å². The number of anilines is 1. The lowest BCUT2D eigenvalue weighted by molar-refractivity contribution is -0.116. The Kier molecular flexibility index (Phi) is 7.01. The van der Waals surface area contributed by atoms with Gasteiger partial charge in [-0.2, -0.15) is 0 Å². The van der Waals surface area contributed by atoms with Crippen molar-refractivity contribution in [1.82, 2.24) is 0 Å². The molecule has 2 heterocycles. The Bertz CT molecular complexity index is 913. The van der Waals surface area contributed by atoms with E-state index in [1.54, 1.807) is 0 Å². The first-order valence-corrected chi connectivity index (χ1v) is 11.4. The van der Waals surface area contributed by atoms with E-state index in [2.05, 4.69) is 50.4 Å². The van der Waals surface area contributed by atoms with Crippen molar-refractivity contribution in [3.8, 4) is 11.5 Å². The minimum atomic E-state index is -0.174. The highest BCUT2D eigenvalue weighted by atomic mass is 16.7. The Morgan fingerprint density at radius 1 is 0.969 bits per heavy atom. The van der Waals surface area contributed by atoms with Gasteiger partial charge in [-0.3, -0.25) is 4.79 Å². The summed E-state index contributed by atoms with van der Waals surface area (Å²) in [5.74, 6) is 1.43. The minimum Gasteiger partial charge on any atom is -0.486 e. The first kappa shape index (κ1) is 22.6. The summed E-state index contributed by atoms with van der Waals surface area (Å²) in [6, 6.07) is 14.1. The van der Waals surface area contributed by atoms with Crippen molar-refractivity contribution in [2.24, 2.45) is 0 Å². The predicted molar refractivity (Wildman–Crippen MR) is 123 cm³/mol. The molecule has 6 nitrogen and oxygen atoms in total. The van der Waals surface area contributed by atoms with Gasteiger partial charge in [-0.1, -0.05) is 45.0 Å². The van der Waals surface area contributed by atoms with Crippen LogP contribution in [0.15, 0.2) is 42.5 Å². The van der Waals surface area contributed by atoms with Crippen LogP contribution in [0.2, 0.25) is 0 Å². The summed E-state index contributed by atoms with van der Waals surface area (Å²) in [7, 11) is 0. The van der Waals surface area contributed by atoms with Gasteiger partial charge in [-0.15, -0.1) is 0 Å². The van der Waals surface area contributed by atoms with Crippen LogP contribution < -0.4 is 14.8 Å². The zero-order valence-corrected chi connectivity index (χ0v) is 19.2. The van der Waals surface area contributed by atoms with Crippen molar-refractivity contribution < 1.29 is 23.7 Å². The monoisotopic (exact) mass is 439 g/mol. The average Bonchev–Trinajstić information content (AvgIpc) is 3.30. The molecule has 2 aliphatic rings. The van der Waals surface area contributed by atoms with Crippen LogP contribution in [0.5, 0.6) is 11.5 Å². The molecule has 0 aromatic heterocycles. The zero-order valence-electron chi connectivity index (χ0n) is 19.2. The zero-order chi connectivity index (χ0) is 22.6. The lowest BCUT2D eigenvalue weighted by atomic mass is 9.84. The van der Waals surface area contributed by atoms with Crippen LogP contribution in [0, 0.1) is 0 Å². The van der Waals surface area contributed by atoms with Gasteiger partial charge in [0, 0.05) is 18.2 Å². The second-order valence-electron chi connectivity index (χ2n) is 9.43. The molecule has 1 N–H and O–H groups in total. The van der Waals surface area contributed by atoms with Crippen molar-refractivity contribution in [1.29, 1.82) is 0 Å². The topological polar surface area (TPSA) is 66.0 Å². The summed E-state index contributed by atoms with van der Waals surface area (Å²) in [5.41, 5.74) is 3.25. The number of carbonyl (C=O) groups is 1. The number of fused-ring (bicyclic) bond motifs is 1. The van der Waals surface area contributed by atoms with Crippen LogP contribution in [0.4, 0.5) is 5.69 Å². The third-order valence-electron chi connectivity index (χ3n) is 5.95. The van der Waals surface area contributed by atoms with E-state index in [-0.39, 0.29) is 23.5 Å². The Labute approximate surface area is 190 Å². The second kappa shape index (κ2) is 9.92. The molecule has 0 saturated carbocycles. The molecule has 2 aromatic rings. The van der Waals surface area contributed by atoms with Gasteiger partial charge in [0.2, 0.25) is 5.91 Å². The van der Waals surface area contributed by atoms with Crippen molar-refractivity contribution in [3.63, 3.8) is 0 Å². The van der Waals surface area contributed by atoms with Gasteiger partial charge in [0.25, 0.3) is 0 Å². The summed E-state index contributed by atoms with van der Waals surface area (Å²) in [4.78, 5) is 12.9. The largest absolute Gasteiger partial charge is 0.486 e. The molecule has 0 radical (unpaired) electrons. The van der Waals surface area contributed by atoms with Gasteiger partial charge >= 0.3 is 0 Å². The standard InChI is InChI=1S/C26H33NO5/c1-26(2,3)20-7-4-18(5-8-20)19(6-11-25-31-14-15-32-25)16-24(28)27-21-9-10-22-23(17-21)30-13-12-29-22/h4-5,7-10,17,19,25H,6,11-16H2,1-3H3,(H,27,28). The van der Waals surface area contributed by atoms with Crippen LogP contribution in [-0.2, 0) is 19.7 Å². The lowest BCUT2D eigenvalue weighted by Crippen LogP contribution is -2.19. The normalized spacial score (nSPS) is 17.2. The highest BCUT2D eigenvalue weighted by Crippen LogP contribution is 2.34. The van der Waals surface area contributed by atoms with Crippen LogP contribution in [0.1, 0.15) is 57.1 Å². The SMILES string of the molecule is CC(C)(C)c1ccc(C(CCC2OCCO2)CC(=O)Nc2ccc3c(c2)OCCO3)cc1. The van der Waals surface area contributed by atoms with E-state index in [4.69, 9.17) is 18.9 Å². The van der Waals surface area contributed by atoms with E-state index in [9.17, 15) is 4.79 Å². The summed E-state index contributed by atoms with van der Waals surface area (Å²) in [5, 5.41) is 3.02. The molecular formula is C26H33NO5. The number of nitrogens with one attached hydrogen (secondary N) is 1. The molecule has 32 heavy (non-hydrogen) atoms. The van der Waals surface area contributed by atoms with Crippen molar-refractivity contribution >= 4 is 11.6 Å². The number of rotatable bonds is 7. The molecule has 1 saturated heterocycles. The maximum Gasteiger partial charge on any atom is 0.224 e. The number of ether oxygens (including phenoxy) is 4. The molecule has 1 atom stereocenters. The second-order valence-corrected chi connectivity index (χ2v) is 9.43. The van der Waals surface area contributed by atoms with Crippen molar-refractivity contribution in [2.75, 3.05) is 31.7 Å². The minimum absolute atomic E-state index is 0.0279. The Balaban J connectivity index is 1.44. The summed E-state index contributed by atoms with van der Waals surface area (Å²) in [6.07, 6.45) is 1.79. The molecule has 0 spiro atoms. The number of hydrogen-bond donors (Lipinski definition) is 1. The van der Waals surface area contributed by atoms with Crippen LogP contribution in [-0.4, -0.2) is 38.6 Å². The smallest absolute Gasteiger partial charge is 0.224 e. The molecule has 1 unspecified atom stereocenters. The fourth-order valence-corrected chi connectivity index (χ4v) is 4.11. The Hall–Kier alpha value is -2.57. The molecule has 4 rings (SSSR count). The molecule has 6 heteroatoms. The van der Waals surface area contributed by atoms with Gasteiger partial charge in [0.1, 0.15) is 13.2 Å². The summed E-state index contributed by atoms with van der Waals surface area (Å²) in [6.45, 7) is 8.95. The number of carbonyl (C=O) groups excluding carboxylic acids is 1. The van der Waals surface area contributed by atoms with Crippen molar-refractivity contribution in [3.05, 3.63) is 53.6 Å². The summed E-state index contributed by atoms with van der Waals surface area (Å²) >= 11 is 0. The quantitative estimate of drug-likeness (QED) is 0.656. The maximum atomic E-state index is 12.9. The molecule has 172 valence electrons. The molecule has 2 aromatic carbocycles. The van der Waals surface area contributed by atoms with E-state index in [1.165, 1.54) is 5.56 Å². The molecule has 1 amide bonds. The van der Waals surface area contributed by atoms with E-state index in [1.807, 2.05) is 18.2 Å².